The number of benzene rings is 2. The van der Waals surface area contributed by atoms with Crippen molar-refractivity contribution in [1.82, 2.24) is 4.72 Å². The summed E-state index contributed by atoms with van der Waals surface area (Å²) in [5.41, 5.74) is 1.20. The number of hydrogen-bond donors (Lipinski definition) is 2. The number of Topliss-reactive ketones (excluding diaryl/α,β-unsaturated/α-hetero) is 1. The van der Waals surface area contributed by atoms with E-state index >= 15 is 0 Å². The molecule has 2 aromatic carbocycles. The van der Waals surface area contributed by atoms with Crippen LogP contribution < -0.4 is 4.72 Å². The fraction of sp³-hybridized carbons (Fsp3) is 0.133. The minimum Gasteiger partial charge on any atom is -0.508 e. The minimum absolute atomic E-state index is 0.103. The Morgan fingerprint density at radius 2 is 1.62 bits per heavy atom. The van der Waals surface area contributed by atoms with E-state index in [4.69, 9.17) is 5.11 Å². The van der Waals surface area contributed by atoms with Crippen molar-refractivity contribution in [3.8, 4) is 5.75 Å². The molecule has 0 heterocycles. The monoisotopic (exact) mass is 305 g/mol. The van der Waals surface area contributed by atoms with Gasteiger partial charge in [-0.1, -0.05) is 24.3 Å². The molecule has 0 unspecified atom stereocenters. The van der Waals surface area contributed by atoms with Gasteiger partial charge < -0.3 is 5.11 Å². The normalized spacial score (nSPS) is 11.3. The summed E-state index contributed by atoms with van der Waals surface area (Å²) in [6.07, 6.45) is 0. The van der Waals surface area contributed by atoms with Crippen molar-refractivity contribution < 1.29 is 18.3 Å². The van der Waals surface area contributed by atoms with Gasteiger partial charge in [0.25, 0.3) is 0 Å². The van der Waals surface area contributed by atoms with Crippen molar-refractivity contribution in [2.24, 2.45) is 0 Å². The maximum Gasteiger partial charge on any atom is 0.240 e. The van der Waals surface area contributed by atoms with Gasteiger partial charge >= 0.3 is 0 Å². The van der Waals surface area contributed by atoms with Gasteiger partial charge in [-0.15, -0.1) is 0 Å². The average molecular weight is 305 g/mol. The van der Waals surface area contributed by atoms with Gasteiger partial charge in [-0.25, -0.2) is 13.1 Å². The number of rotatable bonds is 5. The molecule has 0 aliphatic carbocycles. The number of phenolic OH excluding ortho intramolecular Hbond substituents is 1. The highest BCUT2D eigenvalue weighted by atomic mass is 32.2. The zero-order valence-electron chi connectivity index (χ0n) is 11.4. The lowest BCUT2D eigenvalue weighted by molar-refractivity contribution is 0.101. The molecule has 2 N–H and O–H groups in total. The molecule has 0 bridgehead atoms. The fourth-order valence-corrected chi connectivity index (χ4v) is 2.76. The number of ketones is 1. The van der Waals surface area contributed by atoms with Crippen LogP contribution in [-0.2, 0) is 16.6 Å². The number of hydrogen-bond acceptors (Lipinski definition) is 4. The molecule has 110 valence electrons. The van der Waals surface area contributed by atoms with Crippen LogP contribution in [-0.4, -0.2) is 19.3 Å². The van der Waals surface area contributed by atoms with E-state index in [2.05, 4.69) is 4.72 Å². The van der Waals surface area contributed by atoms with Gasteiger partial charge in [-0.05, 0) is 36.8 Å². The molecule has 5 nitrogen and oxygen atoms in total. The van der Waals surface area contributed by atoms with Crippen molar-refractivity contribution in [2.75, 3.05) is 0 Å². The molecule has 0 atom stereocenters. The minimum atomic E-state index is -3.63. The van der Waals surface area contributed by atoms with E-state index in [0.29, 0.717) is 5.56 Å². The molecule has 0 amide bonds. The molecule has 0 saturated heterocycles. The van der Waals surface area contributed by atoms with Gasteiger partial charge in [0, 0.05) is 12.1 Å². The number of carbonyl (C=O) groups excluding carboxylic acids is 1. The van der Waals surface area contributed by atoms with Gasteiger partial charge in [-0.3, -0.25) is 4.79 Å². The number of carbonyl (C=O) groups is 1. The lowest BCUT2D eigenvalue weighted by Crippen LogP contribution is -2.23. The first-order valence-electron chi connectivity index (χ1n) is 6.27. The Bertz CT molecular complexity index is 734. The molecular formula is C15H15NO4S. The van der Waals surface area contributed by atoms with Crippen LogP contribution in [0.4, 0.5) is 0 Å². The molecule has 0 aliphatic rings. The Labute approximate surface area is 123 Å². The lowest BCUT2D eigenvalue weighted by atomic mass is 10.2. The highest BCUT2D eigenvalue weighted by Crippen LogP contribution is 2.13. The quantitative estimate of drug-likeness (QED) is 0.828. The molecule has 0 aromatic heterocycles. The van der Waals surface area contributed by atoms with E-state index < -0.39 is 10.0 Å². The Hall–Kier alpha value is -2.18. The summed E-state index contributed by atoms with van der Waals surface area (Å²) in [5.74, 6) is 0.0115. The first kappa shape index (κ1) is 15.2. The summed E-state index contributed by atoms with van der Waals surface area (Å²) in [5, 5.41) is 9.17. The second kappa shape index (κ2) is 6.07. The third kappa shape index (κ3) is 3.90. The topological polar surface area (TPSA) is 83.5 Å². The number of phenols is 1. The number of sulfonamides is 1. The summed E-state index contributed by atoms with van der Waals surface area (Å²) in [6, 6.07) is 12.0. The van der Waals surface area contributed by atoms with E-state index in [1.807, 2.05) is 0 Å². The van der Waals surface area contributed by atoms with Crippen LogP contribution in [0.1, 0.15) is 22.8 Å². The molecule has 2 aromatic rings. The van der Waals surface area contributed by atoms with Crippen LogP contribution in [0.15, 0.2) is 53.4 Å². The van der Waals surface area contributed by atoms with E-state index in [-0.39, 0.29) is 23.0 Å². The molecular weight excluding hydrogens is 290 g/mol. The molecule has 2 rings (SSSR count). The smallest absolute Gasteiger partial charge is 0.240 e. The predicted octanol–water partition coefficient (Wildman–Crippen LogP) is 2.07. The lowest BCUT2D eigenvalue weighted by Gasteiger charge is -2.07. The SMILES string of the molecule is CC(=O)c1ccc(S(=O)(=O)NCc2ccc(O)cc2)cc1. The highest BCUT2D eigenvalue weighted by molar-refractivity contribution is 7.89. The molecule has 21 heavy (non-hydrogen) atoms. The van der Waals surface area contributed by atoms with Crippen molar-refractivity contribution >= 4 is 15.8 Å². The van der Waals surface area contributed by atoms with Gasteiger partial charge in [0.1, 0.15) is 5.75 Å². The third-order valence-electron chi connectivity index (χ3n) is 2.97. The Balaban J connectivity index is 2.11. The summed E-state index contributed by atoms with van der Waals surface area (Å²) >= 11 is 0. The van der Waals surface area contributed by atoms with Crippen LogP contribution in [0.3, 0.4) is 0 Å². The second-order valence-corrected chi connectivity index (χ2v) is 6.34. The van der Waals surface area contributed by atoms with Gasteiger partial charge in [0.15, 0.2) is 5.78 Å². The van der Waals surface area contributed by atoms with Crippen molar-refractivity contribution in [3.05, 3.63) is 59.7 Å². The largest absolute Gasteiger partial charge is 0.508 e. The zero-order valence-corrected chi connectivity index (χ0v) is 12.2. The standard InChI is InChI=1S/C15H15NO4S/c1-11(17)13-4-8-15(9-5-13)21(19,20)16-10-12-2-6-14(18)7-3-12/h2-9,16,18H,10H2,1H3. The predicted molar refractivity (Wildman–Crippen MR) is 78.6 cm³/mol. The average Bonchev–Trinajstić information content (AvgIpc) is 2.47. The maximum absolute atomic E-state index is 12.1. The first-order chi connectivity index (χ1) is 9.88. The first-order valence-corrected chi connectivity index (χ1v) is 7.75. The van der Waals surface area contributed by atoms with Gasteiger partial charge in [-0.2, -0.15) is 0 Å². The van der Waals surface area contributed by atoms with E-state index in [0.717, 1.165) is 5.56 Å². The fourth-order valence-electron chi connectivity index (χ4n) is 1.74. The Morgan fingerprint density at radius 1 is 1.05 bits per heavy atom. The number of nitrogens with one attached hydrogen (secondary N) is 1. The van der Waals surface area contributed by atoms with Crippen LogP contribution >= 0.6 is 0 Å². The van der Waals surface area contributed by atoms with Crippen LogP contribution in [0.5, 0.6) is 5.75 Å². The maximum atomic E-state index is 12.1. The zero-order chi connectivity index (χ0) is 15.5. The van der Waals surface area contributed by atoms with Crippen molar-refractivity contribution in [1.29, 1.82) is 0 Å². The van der Waals surface area contributed by atoms with Gasteiger partial charge in [0.2, 0.25) is 10.0 Å². The molecule has 0 aliphatic heterocycles. The summed E-state index contributed by atoms with van der Waals surface area (Å²) < 4.78 is 26.7. The van der Waals surface area contributed by atoms with E-state index in [9.17, 15) is 13.2 Å². The van der Waals surface area contributed by atoms with E-state index in [1.165, 1.54) is 43.3 Å². The molecule has 0 spiro atoms. The Kier molecular flexibility index (Phi) is 4.40. The van der Waals surface area contributed by atoms with E-state index in [1.54, 1.807) is 12.1 Å². The molecule has 0 fully saturated rings. The molecule has 0 radical (unpaired) electrons. The summed E-state index contributed by atoms with van der Waals surface area (Å²) in [7, 11) is -3.63. The molecule has 0 saturated carbocycles. The van der Waals surface area contributed by atoms with Crippen LogP contribution in [0.2, 0.25) is 0 Å². The van der Waals surface area contributed by atoms with Crippen LogP contribution in [0.25, 0.3) is 0 Å². The Morgan fingerprint density at radius 3 is 2.14 bits per heavy atom. The molecule has 6 heteroatoms. The highest BCUT2D eigenvalue weighted by Gasteiger charge is 2.14. The van der Waals surface area contributed by atoms with Crippen molar-refractivity contribution in [3.63, 3.8) is 0 Å². The van der Waals surface area contributed by atoms with Crippen LogP contribution in [0, 0.1) is 0 Å². The third-order valence-corrected chi connectivity index (χ3v) is 4.39. The van der Waals surface area contributed by atoms with Gasteiger partial charge in [0.05, 0.1) is 4.90 Å². The summed E-state index contributed by atoms with van der Waals surface area (Å²) in [4.78, 5) is 11.3. The second-order valence-electron chi connectivity index (χ2n) is 4.57. The van der Waals surface area contributed by atoms with Crippen molar-refractivity contribution in [2.45, 2.75) is 18.4 Å². The summed E-state index contributed by atoms with van der Waals surface area (Å²) in [6.45, 7) is 1.55. The number of aromatic hydroxyl groups is 1.